The van der Waals surface area contributed by atoms with E-state index in [4.69, 9.17) is 5.11 Å². The monoisotopic (exact) mass is 225 g/mol. The molecule has 0 bridgehead atoms. The average Bonchev–Trinajstić information content (AvgIpc) is 2.25. The lowest BCUT2D eigenvalue weighted by Gasteiger charge is -2.25. The normalized spacial score (nSPS) is 13.6. The molecule has 4 heteroatoms. The molecule has 0 saturated carbocycles. The predicted octanol–water partition coefficient (Wildman–Crippen LogP) is 1.54. The minimum atomic E-state index is -0.960. The summed E-state index contributed by atoms with van der Waals surface area (Å²) in [5.41, 5.74) is 0. The van der Waals surface area contributed by atoms with E-state index in [1.165, 1.54) is 11.8 Å². The Morgan fingerprint density at radius 2 is 1.62 bits per heavy atom. The van der Waals surface area contributed by atoms with Crippen LogP contribution in [-0.4, -0.2) is 35.0 Å². The van der Waals surface area contributed by atoms with E-state index in [9.17, 15) is 9.59 Å². The van der Waals surface area contributed by atoms with Crippen LogP contribution in [0.1, 0.15) is 13.8 Å². The highest BCUT2D eigenvalue weighted by Crippen LogP contribution is 2.14. The highest BCUT2D eigenvalue weighted by molar-refractivity contribution is 5.84. The van der Waals surface area contributed by atoms with Crippen molar-refractivity contribution in [3.63, 3.8) is 0 Å². The number of hydrogen-bond acceptors (Lipinski definition) is 2. The van der Waals surface area contributed by atoms with Crippen LogP contribution in [0, 0.1) is 11.8 Å². The number of rotatable bonds is 7. The summed E-state index contributed by atoms with van der Waals surface area (Å²) in [6.07, 6.45) is 3.22. The van der Waals surface area contributed by atoms with E-state index in [2.05, 4.69) is 13.2 Å². The smallest absolute Gasteiger partial charge is 0.307 e. The van der Waals surface area contributed by atoms with Gasteiger partial charge in [0.1, 0.15) is 0 Å². The Kier molecular flexibility index (Phi) is 6.15. The molecule has 2 unspecified atom stereocenters. The van der Waals surface area contributed by atoms with Crippen molar-refractivity contribution in [1.29, 1.82) is 0 Å². The van der Waals surface area contributed by atoms with Gasteiger partial charge in [-0.3, -0.25) is 9.59 Å². The van der Waals surface area contributed by atoms with Gasteiger partial charge in [-0.05, 0) is 0 Å². The third-order valence-corrected chi connectivity index (χ3v) is 2.54. The molecule has 0 aromatic rings. The van der Waals surface area contributed by atoms with Crippen LogP contribution in [0.4, 0.5) is 0 Å². The summed E-state index contributed by atoms with van der Waals surface area (Å²) in [6, 6.07) is 0. The van der Waals surface area contributed by atoms with Crippen molar-refractivity contribution >= 4 is 11.9 Å². The maximum atomic E-state index is 11.9. The molecule has 4 nitrogen and oxygen atoms in total. The molecule has 0 aliphatic heterocycles. The van der Waals surface area contributed by atoms with Crippen LogP contribution in [0.2, 0.25) is 0 Å². The molecule has 0 aromatic heterocycles. The molecule has 90 valence electrons. The van der Waals surface area contributed by atoms with Crippen LogP contribution in [-0.2, 0) is 9.59 Å². The topological polar surface area (TPSA) is 57.6 Å². The van der Waals surface area contributed by atoms with Crippen LogP contribution in [0.15, 0.2) is 25.3 Å². The quantitative estimate of drug-likeness (QED) is 0.669. The summed E-state index contributed by atoms with van der Waals surface area (Å²) in [4.78, 5) is 24.2. The lowest BCUT2D eigenvalue weighted by Crippen LogP contribution is -2.39. The van der Waals surface area contributed by atoms with Crippen molar-refractivity contribution in [3.8, 4) is 0 Å². The lowest BCUT2D eigenvalue weighted by molar-refractivity contribution is -0.148. The van der Waals surface area contributed by atoms with Crippen molar-refractivity contribution in [1.82, 2.24) is 4.90 Å². The van der Waals surface area contributed by atoms with E-state index in [-0.39, 0.29) is 5.91 Å². The fraction of sp³-hybridized carbons (Fsp3) is 0.500. The zero-order chi connectivity index (χ0) is 12.7. The minimum Gasteiger partial charge on any atom is -0.481 e. The number of aliphatic carboxylic acids is 1. The van der Waals surface area contributed by atoms with E-state index >= 15 is 0 Å². The van der Waals surface area contributed by atoms with Crippen LogP contribution in [0.5, 0.6) is 0 Å². The van der Waals surface area contributed by atoms with Crippen molar-refractivity contribution in [2.75, 3.05) is 13.1 Å². The van der Waals surface area contributed by atoms with Gasteiger partial charge in [0.2, 0.25) is 5.91 Å². The maximum Gasteiger partial charge on any atom is 0.307 e. The molecule has 0 heterocycles. The first-order valence-electron chi connectivity index (χ1n) is 5.19. The summed E-state index contributed by atoms with van der Waals surface area (Å²) in [7, 11) is 0. The second-order valence-electron chi connectivity index (χ2n) is 3.74. The van der Waals surface area contributed by atoms with Gasteiger partial charge in [-0.2, -0.15) is 0 Å². The van der Waals surface area contributed by atoms with Crippen molar-refractivity contribution in [2.24, 2.45) is 11.8 Å². The molecular formula is C12H19NO3. The third-order valence-electron chi connectivity index (χ3n) is 2.54. The summed E-state index contributed by atoms with van der Waals surface area (Å²) in [5, 5.41) is 8.83. The fourth-order valence-corrected chi connectivity index (χ4v) is 1.28. The number of nitrogens with zero attached hydrogens (tertiary/aromatic N) is 1. The molecular weight excluding hydrogens is 206 g/mol. The molecule has 0 rings (SSSR count). The number of carboxylic acids is 1. The molecule has 0 radical (unpaired) electrons. The minimum absolute atomic E-state index is 0.185. The first kappa shape index (κ1) is 14.4. The lowest BCUT2D eigenvalue weighted by atomic mass is 9.94. The van der Waals surface area contributed by atoms with Gasteiger partial charge in [-0.15, -0.1) is 13.2 Å². The molecule has 0 aliphatic carbocycles. The average molecular weight is 225 g/mol. The van der Waals surface area contributed by atoms with Crippen LogP contribution < -0.4 is 0 Å². The summed E-state index contributed by atoms with van der Waals surface area (Å²) in [5.74, 6) is -2.38. The number of carbonyl (C=O) groups excluding carboxylic acids is 1. The zero-order valence-corrected chi connectivity index (χ0v) is 9.85. The summed E-state index contributed by atoms with van der Waals surface area (Å²) < 4.78 is 0. The Hall–Kier alpha value is -1.58. The van der Waals surface area contributed by atoms with E-state index in [0.29, 0.717) is 13.1 Å². The molecule has 16 heavy (non-hydrogen) atoms. The summed E-state index contributed by atoms with van der Waals surface area (Å²) in [6.45, 7) is 11.1. The predicted molar refractivity (Wildman–Crippen MR) is 62.9 cm³/mol. The van der Waals surface area contributed by atoms with Crippen molar-refractivity contribution in [3.05, 3.63) is 25.3 Å². The molecule has 0 saturated heterocycles. The Labute approximate surface area is 96.3 Å². The standard InChI is InChI=1S/C12H19NO3/c1-5-7-13(8-6-2)11(14)9(3)10(4)12(15)16/h5-6,9-10H,1-2,7-8H2,3-4H3,(H,15,16). The molecule has 0 fully saturated rings. The Balaban J connectivity index is 4.64. The molecule has 0 spiro atoms. The van der Waals surface area contributed by atoms with E-state index in [1.807, 2.05) is 0 Å². The SMILES string of the molecule is C=CCN(CC=C)C(=O)C(C)C(C)C(=O)O. The fourth-order valence-electron chi connectivity index (χ4n) is 1.28. The van der Waals surface area contributed by atoms with Crippen LogP contribution in [0.25, 0.3) is 0 Å². The third kappa shape index (κ3) is 3.88. The molecule has 1 N–H and O–H groups in total. The first-order chi connectivity index (χ1) is 7.45. The number of hydrogen-bond donors (Lipinski definition) is 1. The van der Waals surface area contributed by atoms with Gasteiger partial charge in [-0.25, -0.2) is 0 Å². The number of carbonyl (C=O) groups is 2. The molecule has 2 atom stereocenters. The van der Waals surface area contributed by atoms with Crippen LogP contribution >= 0.6 is 0 Å². The second kappa shape index (κ2) is 6.82. The molecule has 0 aliphatic rings. The van der Waals surface area contributed by atoms with Gasteiger partial charge in [0.15, 0.2) is 0 Å². The van der Waals surface area contributed by atoms with Gasteiger partial charge in [0, 0.05) is 19.0 Å². The van der Waals surface area contributed by atoms with E-state index < -0.39 is 17.8 Å². The van der Waals surface area contributed by atoms with Crippen molar-refractivity contribution < 1.29 is 14.7 Å². The van der Waals surface area contributed by atoms with Gasteiger partial charge in [0.05, 0.1) is 5.92 Å². The Bertz CT molecular complexity index is 276. The van der Waals surface area contributed by atoms with Gasteiger partial charge in [-0.1, -0.05) is 26.0 Å². The van der Waals surface area contributed by atoms with Gasteiger partial charge >= 0.3 is 5.97 Å². The maximum absolute atomic E-state index is 11.9. The van der Waals surface area contributed by atoms with E-state index in [0.717, 1.165) is 0 Å². The number of carboxylic acid groups (broad SMARTS) is 1. The van der Waals surface area contributed by atoms with E-state index in [1.54, 1.807) is 19.1 Å². The summed E-state index contributed by atoms with van der Waals surface area (Å²) >= 11 is 0. The van der Waals surface area contributed by atoms with Gasteiger partial charge in [0.25, 0.3) is 0 Å². The molecule has 0 aromatic carbocycles. The van der Waals surface area contributed by atoms with Crippen LogP contribution in [0.3, 0.4) is 0 Å². The van der Waals surface area contributed by atoms with Crippen molar-refractivity contribution in [2.45, 2.75) is 13.8 Å². The zero-order valence-electron chi connectivity index (χ0n) is 9.85. The Morgan fingerprint density at radius 3 is 1.94 bits per heavy atom. The highest BCUT2D eigenvalue weighted by Gasteiger charge is 2.28. The Morgan fingerprint density at radius 1 is 1.19 bits per heavy atom. The molecule has 1 amide bonds. The second-order valence-corrected chi connectivity index (χ2v) is 3.74. The highest BCUT2D eigenvalue weighted by atomic mass is 16.4. The van der Waals surface area contributed by atoms with Gasteiger partial charge < -0.3 is 10.0 Å². The first-order valence-corrected chi connectivity index (χ1v) is 5.19. The largest absolute Gasteiger partial charge is 0.481 e. The number of amides is 1.